The number of fused-ring (bicyclic) bond motifs is 1. The number of methoxy groups -OCH3 is 2. The van der Waals surface area contributed by atoms with E-state index in [-0.39, 0.29) is 16.1 Å². The standard InChI is InChI=1S/C16H18O5S/c1-16(2,3)9-6-7-10-11(8-9)22-13(15(18)20-5)12(21-10)14(17)19-4/h6-8H,1-5H3. The number of rotatable bonds is 2. The largest absolute Gasteiger partial charge is 0.465 e. The molecule has 1 aromatic carbocycles. The summed E-state index contributed by atoms with van der Waals surface area (Å²) in [5.41, 5.74) is 1.07. The van der Waals surface area contributed by atoms with Gasteiger partial charge in [-0.1, -0.05) is 38.6 Å². The molecule has 1 heterocycles. The second kappa shape index (κ2) is 6.04. The lowest BCUT2D eigenvalue weighted by Gasteiger charge is -2.24. The lowest BCUT2D eigenvalue weighted by molar-refractivity contribution is -0.140. The van der Waals surface area contributed by atoms with Crippen LogP contribution in [0.15, 0.2) is 33.8 Å². The smallest absolute Gasteiger partial charge is 0.375 e. The van der Waals surface area contributed by atoms with Crippen molar-refractivity contribution in [1.82, 2.24) is 0 Å². The van der Waals surface area contributed by atoms with E-state index in [9.17, 15) is 9.59 Å². The second-order valence-corrected chi connectivity index (χ2v) is 6.81. The molecule has 0 fully saturated rings. The van der Waals surface area contributed by atoms with Crippen molar-refractivity contribution in [2.24, 2.45) is 0 Å². The average Bonchev–Trinajstić information content (AvgIpc) is 2.50. The van der Waals surface area contributed by atoms with E-state index in [1.165, 1.54) is 14.2 Å². The lowest BCUT2D eigenvalue weighted by atomic mass is 9.87. The molecule has 0 unspecified atom stereocenters. The summed E-state index contributed by atoms with van der Waals surface area (Å²) in [6.45, 7) is 6.29. The average molecular weight is 322 g/mol. The van der Waals surface area contributed by atoms with Gasteiger partial charge in [0.15, 0.2) is 0 Å². The van der Waals surface area contributed by atoms with Gasteiger partial charge in [-0.05, 0) is 23.1 Å². The third-order valence-electron chi connectivity index (χ3n) is 3.18. The van der Waals surface area contributed by atoms with Gasteiger partial charge in [-0.25, -0.2) is 9.59 Å². The van der Waals surface area contributed by atoms with Crippen molar-refractivity contribution in [2.45, 2.75) is 31.1 Å². The quantitative estimate of drug-likeness (QED) is 0.780. The van der Waals surface area contributed by atoms with E-state index < -0.39 is 11.9 Å². The first-order chi connectivity index (χ1) is 10.3. The van der Waals surface area contributed by atoms with Crippen molar-refractivity contribution in [3.63, 3.8) is 0 Å². The monoisotopic (exact) mass is 322 g/mol. The van der Waals surface area contributed by atoms with Gasteiger partial charge in [0, 0.05) is 0 Å². The number of carbonyl (C=O) groups is 2. The highest BCUT2D eigenvalue weighted by Gasteiger charge is 2.32. The Hall–Kier alpha value is -1.95. The molecule has 1 aromatic rings. The Morgan fingerprint density at radius 1 is 1.09 bits per heavy atom. The molecule has 0 spiro atoms. The van der Waals surface area contributed by atoms with Crippen molar-refractivity contribution in [3.05, 3.63) is 34.4 Å². The second-order valence-electron chi connectivity index (χ2n) is 5.76. The van der Waals surface area contributed by atoms with Crippen molar-refractivity contribution < 1.29 is 23.8 Å². The number of hydrogen-bond donors (Lipinski definition) is 0. The Bertz CT molecular complexity index is 655. The Morgan fingerprint density at radius 3 is 2.27 bits per heavy atom. The molecular formula is C16H18O5S. The van der Waals surface area contributed by atoms with Gasteiger partial charge in [0.2, 0.25) is 5.76 Å². The summed E-state index contributed by atoms with van der Waals surface area (Å²) in [7, 11) is 2.49. The van der Waals surface area contributed by atoms with Crippen LogP contribution in [-0.2, 0) is 24.5 Å². The number of esters is 2. The molecular weight excluding hydrogens is 304 g/mol. The van der Waals surface area contributed by atoms with E-state index in [2.05, 4.69) is 25.5 Å². The molecule has 0 saturated heterocycles. The van der Waals surface area contributed by atoms with Crippen LogP contribution in [-0.4, -0.2) is 26.2 Å². The zero-order valence-electron chi connectivity index (χ0n) is 13.2. The van der Waals surface area contributed by atoms with Crippen LogP contribution < -0.4 is 4.74 Å². The molecule has 0 N–H and O–H groups in total. The van der Waals surface area contributed by atoms with Crippen LogP contribution in [0.1, 0.15) is 26.3 Å². The minimum atomic E-state index is -0.710. The van der Waals surface area contributed by atoms with Crippen LogP contribution in [0, 0.1) is 0 Å². The SMILES string of the molecule is COC(=O)C1=C(C(=O)OC)Sc2cc(C(C)(C)C)ccc2O1. The molecule has 6 heteroatoms. The third-order valence-corrected chi connectivity index (χ3v) is 4.28. The van der Waals surface area contributed by atoms with E-state index in [4.69, 9.17) is 9.47 Å². The van der Waals surface area contributed by atoms with E-state index in [0.29, 0.717) is 5.75 Å². The maximum atomic E-state index is 11.9. The first-order valence-electron chi connectivity index (χ1n) is 6.69. The fourth-order valence-corrected chi connectivity index (χ4v) is 2.91. The Labute approximate surface area is 133 Å². The Balaban J connectivity index is 2.48. The van der Waals surface area contributed by atoms with Crippen molar-refractivity contribution in [1.29, 1.82) is 0 Å². The molecule has 0 saturated carbocycles. The molecule has 0 amide bonds. The van der Waals surface area contributed by atoms with Crippen molar-refractivity contribution in [2.75, 3.05) is 14.2 Å². The maximum Gasteiger partial charge on any atom is 0.375 e. The van der Waals surface area contributed by atoms with Crippen LogP contribution in [0.25, 0.3) is 0 Å². The zero-order valence-corrected chi connectivity index (χ0v) is 14.0. The minimum absolute atomic E-state index is 0.0344. The van der Waals surface area contributed by atoms with Gasteiger partial charge in [-0.3, -0.25) is 0 Å². The Kier molecular flexibility index (Phi) is 4.51. The van der Waals surface area contributed by atoms with Gasteiger partial charge in [0.05, 0.1) is 19.1 Å². The van der Waals surface area contributed by atoms with Crippen LogP contribution in [0.2, 0.25) is 0 Å². The predicted octanol–water partition coefficient (Wildman–Crippen LogP) is 3.03. The minimum Gasteiger partial charge on any atom is -0.465 e. The maximum absolute atomic E-state index is 11.9. The molecule has 22 heavy (non-hydrogen) atoms. The molecule has 118 valence electrons. The number of benzene rings is 1. The highest BCUT2D eigenvalue weighted by atomic mass is 32.2. The fraction of sp³-hybridized carbons (Fsp3) is 0.375. The van der Waals surface area contributed by atoms with Crippen LogP contribution in [0.3, 0.4) is 0 Å². The molecule has 0 bridgehead atoms. The summed E-state index contributed by atoms with van der Waals surface area (Å²) >= 11 is 1.15. The van der Waals surface area contributed by atoms with Gasteiger partial charge in [0.1, 0.15) is 10.7 Å². The highest BCUT2D eigenvalue weighted by molar-refractivity contribution is 8.04. The van der Waals surface area contributed by atoms with Crippen LogP contribution >= 0.6 is 11.8 Å². The van der Waals surface area contributed by atoms with Crippen molar-refractivity contribution >= 4 is 23.7 Å². The molecule has 2 rings (SSSR count). The summed E-state index contributed by atoms with van der Waals surface area (Å²) < 4.78 is 15.0. The summed E-state index contributed by atoms with van der Waals surface area (Å²) in [6, 6.07) is 5.69. The molecule has 5 nitrogen and oxygen atoms in total. The van der Waals surface area contributed by atoms with Crippen LogP contribution in [0.4, 0.5) is 0 Å². The highest BCUT2D eigenvalue weighted by Crippen LogP contribution is 2.43. The van der Waals surface area contributed by atoms with E-state index in [1.807, 2.05) is 12.1 Å². The third kappa shape index (κ3) is 3.11. The van der Waals surface area contributed by atoms with E-state index in [1.54, 1.807) is 6.07 Å². The molecule has 0 radical (unpaired) electrons. The lowest BCUT2D eigenvalue weighted by Crippen LogP contribution is -2.20. The van der Waals surface area contributed by atoms with Gasteiger partial charge in [0.25, 0.3) is 0 Å². The number of ether oxygens (including phenoxy) is 3. The molecule has 1 aliphatic rings. The summed E-state index contributed by atoms with van der Waals surface area (Å²) in [5.74, 6) is -0.961. The first-order valence-corrected chi connectivity index (χ1v) is 7.50. The fourth-order valence-electron chi connectivity index (χ4n) is 1.91. The van der Waals surface area contributed by atoms with Gasteiger partial charge in [-0.15, -0.1) is 0 Å². The number of hydrogen-bond acceptors (Lipinski definition) is 6. The van der Waals surface area contributed by atoms with Gasteiger partial charge >= 0.3 is 11.9 Å². The van der Waals surface area contributed by atoms with E-state index in [0.717, 1.165) is 22.2 Å². The van der Waals surface area contributed by atoms with Gasteiger partial charge in [-0.2, -0.15) is 0 Å². The Morgan fingerprint density at radius 2 is 1.73 bits per heavy atom. The zero-order chi connectivity index (χ0) is 16.5. The molecule has 0 aromatic heterocycles. The van der Waals surface area contributed by atoms with Gasteiger partial charge < -0.3 is 14.2 Å². The summed E-state index contributed by atoms with van der Waals surface area (Å²) in [4.78, 5) is 24.6. The van der Waals surface area contributed by atoms with E-state index >= 15 is 0 Å². The number of thioether (sulfide) groups is 1. The predicted molar refractivity (Wildman–Crippen MR) is 82.7 cm³/mol. The normalized spacial score (nSPS) is 14.0. The number of carbonyl (C=O) groups excluding carboxylic acids is 2. The summed E-state index contributed by atoms with van der Waals surface area (Å²) in [5, 5.41) is 0. The summed E-state index contributed by atoms with van der Waals surface area (Å²) in [6.07, 6.45) is 0. The van der Waals surface area contributed by atoms with Crippen molar-refractivity contribution in [3.8, 4) is 5.75 Å². The first kappa shape index (κ1) is 16.4. The molecule has 1 aliphatic heterocycles. The topological polar surface area (TPSA) is 61.8 Å². The molecule has 0 atom stereocenters. The van der Waals surface area contributed by atoms with Crippen LogP contribution in [0.5, 0.6) is 5.75 Å². The molecule has 0 aliphatic carbocycles.